The van der Waals surface area contributed by atoms with Gasteiger partial charge in [0.2, 0.25) is 0 Å². The van der Waals surface area contributed by atoms with Crippen molar-refractivity contribution in [2.75, 3.05) is 11.4 Å². The fourth-order valence-electron chi connectivity index (χ4n) is 2.90. The molecule has 1 aliphatic heterocycles. The fourth-order valence-corrected chi connectivity index (χ4v) is 3.13. The molecule has 0 saturated carbocycles. The van der Waals surface area contributed by atoms with Crippen LogP contribution in [0.3, 0.4) is 0 Å². The molecule has 2 heterocycles. The molecule has 2 aromatic rings. The molecule has 0 spiro atoms. The number of carbonyl (C=O) groups excluding carboxylic acids is 1. The smallest absolute Gasteiger partial charge is 0.159 e. The Morgan fingerprint density at radius 1 is 1.43 bits per heavy atom. The minimum absolute atomic E-state index is 0.113. The van der Waals surface area contributed by atoms with E-state index in [9.17, 15) is 4.79 Å². The van der Waals surface area contributed by atoms with Gasteiger partial charge < -0.3 is 4.90 Å². The Labute approximate surface area is 129 Å². The van der Waals surface area contributed by atoms with Gasteiger partial charge in [-0.1, -0.05) is 11.6 Å². The van der Waals surface area contributed by atoms with Crippen LogP contribution in [0, 0.1) is 6.92 Å². The predicted molar refractivity (Wildman–Crippen MR) is 84.2 cm³/mol. The third-order valence-electron chi connectivity index (χ3n) is 4.10. The Balaban J connectivity index is 1.89. The summed E-state index contributed by atoms with van der Waals surface area (Å²) < 4.78 is 1.71. The number of halogens is 1. The second kappa shape index (κ2) is 5.19. The molecule has 3 rings (SSSR count). The lowest BCUT2D eigenvalue weighted by molar-refractivity contribution is 0.101. The van der Waals surface area contributed by atoms with Gasteiger partial charge in [0.1, 0.15) is 5.15 Å². The summed E-state index contributed by atoms with van der Waals surface area (Å²) in [7, 11) is 1.86. The Morgan fingerprint density at radius 3 is 2.81 bits per heavy atom. The van der Waals surface area contributed by atoms with Crippen molar-refractivity contribution in [2.45, 2.75) is 26.8 Å². The topological polar surface area (TPSA) is 38.1 Å². The first kappa shape index (κ1) is 14.1. The van der Waals surface area contributed by atoms with Crippen LogP contribution in [-0.4, -0.2) is 22.1 Å². The monoisotopic (exact) mass is 303 g/mol. The summed E-state index contributed by atoms with van der Waals surface area (Å²) in [4.78, 5) is 13.8. The van der Waals surface area contributed by atoms with Crippen molar-refractivity contribution < 1.29 is 4.79 Å². The normalized spacial score (nSPS) is 13.6. The van der Waals surface area contributed by atoms with Gasteiger partial charge in [-0.05, 0) is 44.0 Å². The predicted octanol–water partition coefficient (Wildman–Crippen LogP) is 3.15. The number of hydrogen-bond donors (Lipinski definition) is 0. The first-order chi connectivity index (χ1) is 9.97. The van der Waals surface area contributed by atoms with E-state index in [0.29, 0.717) is 5.15 Å². The number of Topliss-reactive ketones (excluding diaryl/α,β-unsaturated/α-hetero) is 1. The second-order valence-electron chi connectivity index (χ2n) is 5.55. The lowest BCUT2D eigenvalue weighted by Crippen LogP contribution is -2.20. The van der Waals surface area contributed by atoms with Gasteiger partial charge in [-0.25, -0.2) is 0 Å². The largest absolute Gasteiger partial charge is 0.366 e. The maximum atomic E-state index is 11.5. The van der Waals surface area contributed by atoms with E-state index in [4.69, 9.17) is 11.6 Å². The SMILES string of the molecule is CC(=O)c1ccc2c(c1)CCN2Cc1c(C)nn(C)c1Cl. The summed E-state index contributed by atoms with van der Waals surface area (Å²) >= 11 is 6.32. The minimum Gasteiger partial charge on any atom is -0.366 e. The van der Waals surface area contributed by atoms with Crippen LogP contribution < -0.4 is 4.90 Å². The highest BCUT2D eigenvalue weighted by atomic mass is 35.5. The van der Waals surface area contributed by atoms with Crippen LogP contribution in [0.4, 0.5) is 5.69 Å². The molecule has 0 bridgehead atoms. The van der Waals surface area contributed by atoms with E-state index in [0.717, 1.165) is 36.3 Å². The van der Waals surface area contributed by atoms with Crippen molar-refractivity contribution in [3.63, 3.8) is 0 Å². The number of nitrogens with zero attached hydrogens (tertiary/aromatic N) is 3. The molecule has 1 aromatic heterocycles. The first-order valence-corrected chi connectivity index (χ1v) is 7.42. The highest BCUT2D eigenvalue weighted by molar-refractivity contribution is 6.30. The van der Waals surface area contributed by atoms with Gasteiger partial charge in [-0.15, -0.1) is 0 Å². The maximum absolute atomic E-state index is 11.5. The van der Waals surface area contributed by atoms with Crippen LogP contribution >= 0.6 is 11.6 Å². The second-order valence-corrected chi connectivity index (χ2v) is 5.91. The van der Waals surface area contributed by atoms with Crippen LogP contribution in [0.25, 0.3) is 0 Å². The molecule has 0 radical (unpaired) electrons. The number of ketones is 1. The molecule has 0 N–H and O–H groups in total. The molecule has 21 heavy (non-hydrogen) atoms. The van der Waals surface area contributed by atoms with Crippen LogP contribution in [0.15, 0.2) is 18.2 Å². The third-order valence-corrected chi connectivity index (χ3v) is 4.57. The molecular formula is C16H18ClN3O. The van der Waals surface area contributed by atoms with Crippen molar-refractivity contribution in [3.8, 4) is 0 Å². The summed E-state index contributed by atoms with van der Waals surface area (Å²) in [5.41, 5.74) is 5.25. The van der Waals surface area contributed by atoms with E-state index in [2.05, 4.69) is 10.00 Å². The third kappa shape index (κ3) is 2.44. The highest BCUT2D eigenvalue weighted by Gasteiger charge is 2.22. The molecule has 1 aliphatic rings. The van der Waals surface area contributed by atoms with Gasteiger partial charge in [-0.3, -0.25) is 9.48 Å². The number of hydrogen-bond acceptors (Lipinski definition) is 3. The zero-order valence-corrected chi connectivity index (χ0v) is 13.2. The van der Waals surface area contributed by atoms with Crippen molar-refractivity contribution in [2.24, 2.45) is 7.05 Å². The summed E-state index contributed by atoms with van der Waals surface area (Å²) in [5, 5.41) is 5.05. The number of rotatable bonds is 3. The highest BCUT2D eigenvalue weighted by Crippen LogP contribution is 2.32. The molecule has 0 amide bonds. The number of anilines is 1. The summed E-state index contributed by atoms with van der Waals surface area (Å²) in [5.74, 6) is 0.113. The zero-order valence-electron chi connectivity index (χ0n) is 12.5. The summed E-state index contributed by atoms with van der Waals surface area (Å²) in [6, 6.07) is 5.95. The van der Waals surface area contributed by atoms with Crippen LogP contribution in [0.5, 0.6) is 0 Å². The Morgan fingerprint density at radius 2 is 2.19 bits per heavy atom. The van der Waals surface area contributed by atoms with E-state index in [1.54, 1.807) is 11.6 Å². The van der Waals surface area contributed by atoms with E-state index < -0.39 is 0 Å². The van der Waals surface area contributed by atoms with Crippen molar-refractivity contribution in [3.05, 3.63) is 45.7 Å². The molecule has 0 atom stereocenters. The van der Waals surface area contributed by atoms with Crippen molar-refractivity contribution >= 4 is 23.1 Å². The van der Waals surface area contributed by atoms with Crippen LogP contribution in [-0.2, 0) is 20.0 Å². The van der Waals surface area contributed by atoms with Crippen molar-refractivity contribution in [1.82, 2.24) is 9.78 Å². The minimum atomic E-state index is 0.113. The number of aromatic nitrogens is 2. The molecule has 5 heteroatoms. The molecule has 0 saturated heterocycles. The number of carbonyl (C=O) groups is 1. The van der Waals surface area contributed by atoms with Crippen LogP contribution in [0.1, 0.15) is 34.1 Å². The number of aryl methyl sites for hydroxylation is 2. The van der Waals surface area contributed by atoms with E-state index in [1.807, 2.05) is 32.2 Å². The lowest BCUT2D eigenvalue weighted by atomic mass is 10.1. The van der Waals surface area contributed by atoms with E-state index in [1.165, 1.54) is 11.3 Å². The maximum Gasteiger partial charge on any atom is 0.159 e. The first-order valence-electron chi connectivity index (χ1n) is 7.04. The summed E-state index contributed by atoms with van der Waals surface area (Å²) in [6.07, 6.45) is 0.966. The van der Waals surface area contributed by atoms with Gasteiger partial charge in [-0.2, -0.15) is 5.10 Å². The Hall–Kier alpha value is -1.81. The zero-order chi connectivity index (χ0) is 15.1. The van der Waals surface area contributed by atoms with Gasteiger partial charge >= 0.3 is 0 Å². The molecule has 110 valence electrons. The van der Waals surface area contributed by atoms with E-state index in [-0.39, 0.29) is 5.78 Å². The lowest BCUT2D eigenvalue weighted by Gasteiger charge is -2.19. The van der Waals surface area contributed by atoms with Crippen LogP contribution in [0.2, 0.25) is 5.15 Å². The molecule has 0 unspecified atom stereocenters. The number of fused-ring (bicyclic) bond motifs is 1. The summed E-state index contributed by atoms with van der Waals surface area (Å²) in [6.45, 7) is 5.29. The number of benzene rings is 1. The van der Waals surface area contributed by atoms with Gasteiger partial charge in [0.05, 0.1) is 5.69 Å². The quantitative estimate of drug-likeness (QED) is 0.818. The Bertz CT molecular complexity index is 721. The Kier molecular flexibility index (Phi) is 3.49. The van der Waals surface area contributed by atoms with Gasteiger partial charge in [0.15, 0.2) is 5.78 Å². The average molecular weight is 304 g/mol. The van der Waals surface area contributed by atoms with Crippen molar-refractivity contribution in [1.29, 1.82) is 0 Å². The van der Waals surface area contributed by atoms with E-state index >= 15 is 0 Å². The van der Waals surface area contributed by atoms with Gasteiger partial charge in [0.25, 0.3) is 0 Å². The fraction of sp³-hybridized carbons (Fsp3) is 0.375. The molecule has 1 aromatic carbocycles. The molecule has 0 fully saturated rings. The molecular weight excluding hydrogens is 286 g/mol. The van der Waals surface area contributed by atoms with Gasteiger partial charge in [0, 0.05) is 37.0 Å². The molecule has 4 nitrogen and oxygen atoms in total. The average Bonchev–Trinajstić information content (AvgIpc) is 2.95. The standard InChI is InChI=1S/C16H18ClN3O/c1-10-14(16(17)19(3)18-10)9-20-7-6-13-8-12(11(2)21)4-5-15(13)20/h4-5,8H,6-7,9H2,1-3H3. The molecule has 0 aliphatic carbocycles.